The number of aromatic nitrogens is 3. The number of rotatable bonds is 5. The normalized spacial score (nSPS) is 15.0. The molecule has 10 nitrogen and oxygen atoms in total. The molecule has 1 aliphatic heterocycles. The first kappa shape index (κ1) is 26.3. The number of piperidine rings is 1. The van der Waals surface area contributed by atoms with Crippen molar-refractivity contribution in [2.75, 3.05) is 19.3 Å². The number of alkyl halides is 3. The molecular formula is C23H23F3N4O6S. The molecule has 1 aromatic carbocycles. The van der Waals surface area contributed by atoms with E-state index in [1.165, 1.54) is 46.0 Å². The number of carbonyl (C=O) groups is 1. The summed E-state index contributed by atoms with van der Waals surface area (Å²) in [5.41, 5.74) is -0.916. The maximum atomic E-state index is 12.9. The summed E-state index contributed by atoms with van der Waals surface area (Å²) in [6.07, 6.45) is -2.27. The maximum Gasteiger partial charge on any atom is 0.433 e. The number of amides is 1. The molecule has 3 heterocycles. The topological polar surface area (TPSA) is 113 Å². The van der Waals surface area contributed by atoms with E-state index < -0.39 is 33.7 Å². The molecule has 1 fully saturated rings. The second kappa shape index (κ2) is 9.92. The fourth-order valence-corrected chi connectivity index (χ4v) is 4.49. The van der Waals surface area contributed by atoms with Crippen LogP contribution in [0.3, 0.4) is 0 Å². The molecule has 0 saturated carbocycles. The number of halogens is 3. The van der Waals surface area contributed by atoms with Gasteiger partial charge in [0.2, 0.25) is 5.88 Å². The van der Waals surface area contributed by atoms with Crippen LogP contribution in [0.2, 0.25) is 0 Å². The van der Waals surface area contributed by atoms with E-state index in [2.05, 4.69) is 5.10 Å². The van der Waals surface area contributed by atoms with E-state index in [0.717, 1.165) is 13.3 Å². The van der Waals surface area contributed by atoms with Gasteiger partial charge in [-0.25, -0.2) is 13.2 Å². The molecule has 0 spiro atoms. The standard InChI is InChI=1S/C23H23F3N4O6S/c1-28-19(23(24,25)26)14-20(27-28)36-22(32)29-10-7-16(8-11-29)35-17-9-12-30(21(31)13-17)15-3-5-18(6-4-15)37(2,33)34/h3-6,9,12-14,16H,7-8,10-11H2,1-2H3. The van der Waals surface area contributed by atoms with E-state index in [0.29, 0.717) is 35.0 Å². The highest BCUT2D eigenvalue weighted by Gasteiger charge is 2.36. The molecule has 4 rings (SSSR count). The number of nitrogens with zero attached hydrogens (tertiary/aromatic N) is 4. The molecule has 0 bridgehead atoms. The lowest BCUT2D eigenvalue weighted by molar-refractivity contribution is -0.143. The number of likely N-dealkylation sites (tertiary alicyclic amines) is 1. The molecule has 0 aliphatic carbocycles. The van der Waals surface area contributed by atoms with Crippen LogP contribution in [0, 0.1) is 0 Å². The number of aryl methyl sites for hydroxylation is 1. The van der Waals surface area contributed by atoms with Gasteiger partial charge in [-0.2, -0.15) is 13.2 Å². The van der Waals surface area contributed by atoms with Gasteiger partial charge in [0.05, 0.1) is 4.90 Å². The van der Waals surface area contributed by atoms with E-state index >= 15 is 0 Å². The van der Waals surface area contributed by atoms with E-state index in [9.17, 15) is 31.2 Å². The third kappa shape index (κ3) is 6.13. The highest BCUT2D eigenvalue weighted by atomic mass is 32.2. The predicted molar refractivity (Wildman–Crippen MR) is 125 cm³/mol. The Kier molecular flexibility index (Phi) is 7.04. The van der Waals surface area contributed by atoms with Gasteiger partial charge in [-0.1, -0.05) is 0 Å². The summed E-state index contributed by atoms with van der Waals surface area (Å²) in [5.74, 6) is -0.104. The van der Waals surface area contributed by atoms with Gasteiger partial charge in [0.25, 0.3) is 5.56 Å². The number of hydrogen-bond acceptors (Lipinski definition) is 7. The molecule has 0 N–H and O–H groups in total. The Morgan fingerprint density at radius 1 is 1.08 bits per heavy atom. The van der Waals surface area contributed by atoms with E-state index in [4.69, 9.17) is 9.47 Å². The van der Waals surface area contributed by atoms with Gasteiger partial charge in [-0.05, 0) is 30.3 Å². The van der Waals surface area contributed by atoms with Crippen LogP contribution in [-0.2, 0) is 23.1 Å². The average molecular weight is 541 g/mol. The highest BCUT2D eigenvalue weighted by molar-refractivity contribution is 7.90. The minimum absolute atomic E-state index is 0.144. The number of hydrogen-bond donors (Lipinski definition) is 0. The quantitative estimate of drug-likeness (QED) is 0.489. The lowest BCUT2D eigenvalue weighted by Gasteiger charge is -2.31. The molecule has 0 radical (unpaired) electrons. The fraction of sp³-hybridized carbons (Fsp3) is 0.348. The molecule has 0 unspecified atom stereocenters. The van der Waals surface area contributed by atoms with Gasteiger partial charge in [0.1, 0.15) is 17.5 Å². The Balaban J connectivity index is 1.33. The van der Waals surface area contributed by atoms with Crippen molar-refractivity contribution in [3.63, 3.8) is 0 Å². The Hall–Kier alpha value is -3.81. The number of carbonyl (C=O) groups excluding carboxylic acids is 1. The zero-order chi connectivity index (χ0) is 27.0. The van der Waals surface area contributed by atoms with Crippen LogP contribution in [-0.4, -0.2) is 59.2 Å². The van der Waals surface area contributed by atoms with Crippen LogP contribution < -0.4 is 15.0 Å². The second-order valence-electron chi connectivity index (χ2n) is 8.50. The third-order valence-electron chi connectivity index (χ3n) is 5.78. The minimum Gasteiger partial charge on any atom is -0.490 e. The summed E-state index contributed by atoms with van der Waals surface area (Å²) in [7, 11) is -2.24. The van der Waals surface area contributed by atoms with Crippen molar-refractivity contribution in [3.05, 3.63) is 64.7 Å². The van der Waals surface area contributed by atoms with Crippen LogP contribution in [0.15, 0.2) is 58.4 Å². The van der Waals surface area contributed by atoms with Crippen molar-refractivity contribution in [2.24, 2.45) is 7.05 Å². The van der Waals surface area contributed by atoms with Crippen LogP contribution in [0.5, 0.6) is 11.6 Å². The summed E-state index contributed by atoms with van der Waals surface area (Å²) < 4.78 is 74.7. The van der Waals surface area contributed by atoms with Crippen LogP contribution >= 0.6 is 0 Å². The first-order valence-electron chi connectivity index (χ1n) is 11.1. The molecular weight excluding hydrogens is 517 g/mol. The number of benzene rings is 1. The van der Waals surface area contributed by atoms with Crippen molar-refractivity contribution in [3.8, 4) is 17.3 Å². The molecule has 1 amide bonds. The number of sulfone groups is 1. The summed E-state index contributed by atoms with van der Waals surface area (Å²) >= 11 is 0. The average Bonchev–Trinajstić information content (AvgIpc) is 3.19. The van der Waals surface area contributed by atoms with Gasteiger partial charge in [0.15, 0.2) is 9.84 Å². The van der Waals surface area contributed by atoms with Crippen LogP contribution in [0.25, 0.3) is 5.69 Å². The smallest absolute Gasteiger partial charge is 0.433 e. The Labute approximate surface area is 209 Å². The highest BCUT2D eigenvalue weighted by Crippen LogP contribution is 2.31. The van der Waals surface area contributed by atoms with Crippen molar-refractivity contribution in [1.29, 1.82) is 0 Å². The van der Waals surface area contributed by atoms with E-state index in [1.807, 2.05) is 0 Å². The first-order valence-corrected chi connectivity index (χ1v) is 13.0. The zero-order valence-corrected chi connectivity index (χ0v) is 20.6. The maximum absolute atomic E-state index is 12.9. The molecule has 1 aliphatic rings. The molecule has 37 heavy (non-hydrogen) atoms. The largest absolute Gasteiger partial charge is 0.490 e. The number of ether oxygens (including phenoxy) is 2. The number of pyridine rings is 1. The minimum atomic E-state index is -4.62. The summed E-state index contributed by atoms with van der Waals surface area (Å²) in [6, 6.07) is 9.48. The molecule has 2 aromatic heterocycles. The van der Waals surface area contributed by atoms with E-state index in [1.54, 1.807) is 6.07 Å². The monoisotopic (exact) mass is 540 g/mol. The Morgan fingerprint density at radius 2 is 1.73 bits per heavy atom. The van der Waals surface area contributed by atoms with Gasteiger partial charge < -0.3 is 14.4 Å². The lowest BCUT2D eigenvalue weighted by Crippen LogP contribution is -2.43. The van der Waals surface area contributed by atoms with Crippen LogP contribution in [0.4, 0.5) is 18.0 Å². The van der Waals surface area contributed by atoms with Crippen LogP contribution in [0.1, 0.15) is 18.5 Å². The predicted octanol–water partition coefficient (Wildman–Crippen LogP) is 3.04. The second-order valence-corrected chi connectivity index (χ2v) is 10.5. The molecule has 14 heteroatoms. The molecule has 0 atom stereocenters. The van der Waals surface area contributed by atoms with Gasteiger partial charge in [-0.3, -0.25) is 14.0 Å². The summed E-state index contributed by atoms with van der Waals surface area (Å²) in [6.45, 7) is 0.485. The SMILES string of the molecule is Cn1nc(OC(=O)N2CCC(Oc3ccn(-c4ccc(S(C)(=O)=O)cc4)c(=O)c3)CC2)cc1C(F)(F)F. The fourth-order valence-electron chi connectivity index (χ4n) is 3.86. The van der Waals surface area contributed by atoms with Gasteiger partial charge >= 0.3 is 12.3 Å². The first-order chi connectivity index (χ1) is 17.3. The lowest BCUT2D eigenvalue weighted by atomic mass is 10.1. The third-order valence-corrected chi connectivity index (χ3v) is 6.91. The van der Waals surface area contributed by atoms with Crippen molar-refractivity contribution in [2.45, 2.75) is 30.0 Å². The van der Waals surface area contributed by atoms with Crippen molar-refractivity contribution >= 4 is 15.9 Å². The zero-order valence-electron chi connectivity index (χ0n) is 19.8. The summed E-state index contributed by atoms with van der Waals surface area (Å²) in [5, 5.41) is 3.58. The van der Waals surface area contributed by atoms with Crippen molar-refractivity contribution < 1.29 is 35.9 Å². The Morgan fingerprint density at radius 3 is 2.27 bits per heavy atom. The molecule has 1 saturated heterocycles. The summed E-state index contributed by atoms with van der Waals surface area (Å²) in [4.78, 5) is 26.4. The van der Waals surface area contributed by atoms with Gasteiger partial charge in [0, 0.05) is 63.3 Å². The molecule has 3 aromatic rings. The van der Waals surface area contributed by atoms with Gasteiger partial charge in [-0.15, -0.1) is 5.10 Å². The van der Waals surface area contributed by atoms with Crippen molar-refractivity contribution in [1.82, 2.24) is 19.2 Å². The molecule has 198 valence electrons. The Bertz CT molecular complexity index is 1460. The van der Waals surface area contributed by atoms with E-state index in [-0.39, 0.29) is 29.6 Å².